The van der Waals surface area contributed by atoms with E-state index in [2.05, 4.69) is 82.4 Å². The lowest BCUT2D eigenvalue weighted by Crippen LogP contribution is -2.37. The van der Waals surface area contributed by atoms with Gasteiger partial charge in [-0.25, -0.2) is 4.79 Å². The first kappa shape index (κ1) is 19.5. The van der Waals surface area contributed by atoms with Crippen LogP contribution >= 0.6 is 0 Å². The normalized spacial score (nSPS) is 18.2. The number of carbonyl (C=O) groups is 1. The molecule has 2 aromatic rings. The molecule has 27 heavy (non-hydrogen) atoms. The lowest BCUT2D eigenvalue weighted by atomic mass is 9.76. The van der Waals surface area contributed by atoms with Crippen LogP contribution in [0.4, 0.5) is 4.79 Å². The number of benzene rings is 2. The summed E-state index contributed by atoms with van der Waals surface area (Å²) >= 11 is 0. The van der Waals surface area contributed by atoms with Gasteiger partial charge in [-0.1, -0.05) is 77.1 Å². The summed E-state index contributed by atoms with van der Waals surface area (Å²) in [5.74, 6) is 0. The van der Waals surface area contributed by atoms with Crippen molar-refractivity contribution < 1.29 is 9.90 Å². The summed E-state index contributed by atoms with van der Waals surface area (Å²) in [6, 6.07) is 15.2. The molecular formula is C24H31NO2. The van der Waals surface area contributed by atoms with Crippen molar-refractivity contribution in [3.8, 4) is 11.1 Å². The van der Waals surface area contributed by atoms with Gasteiger partial charge in [0, 0.05) is 0 Å². The van der Waals surface area contributed by atoms with Crippen LogP contribution in [0.1, 0.15) is 70.2 Å². The van der Waals surface area contributed by atoms with E-state index in [4.69, 9.17) is 0 Å². The third-order valence-corrected chi connectivity index (χ3v) is 6.37. The summed E-state index contributed by atoms with van der Waals surface area (Å²) in [5, 5.41) is 12.1. The number of carboxylic acid groups (broad SMARTS) is 1. The molecule has 0 radical (unpaired) electrons. The van der Waals surface area contributed by atoms with Gasteiger partial charge >= 0.3 is 6.09 Å². The molecule has 144 valence electrons. The van der Waals surface area contributed by atoms with Crippen molar-refractivity contribution in [1.29, 1.82) is 0 Å². The predicted molar refractivity (Wildman–Crippen MR) is 111 cm³/mol. The Morgan fingerprint density at radius 1 is 1.07 bits per heavy atom. The molecule has 0 heterocycles. The summed E-state index contributed by atoms with van der Waals surface area (Å²) < 4.78 is 0. The highest BCUT2D eigenvalue weighted by Crippen LogP contribution is 2.50. The van der Waals surface area contributed by atoms with Gasteiger partial charge in [-0.2, -0.15) is 0 Å². The molecule has 1 aliphatic carbocycles. The Kier molecular flexibility index (Phi) is 5.07. The Bertz CT molecular complexity index is 826. The van der Waals surface area contributed by atoms with Gasteiger partial charge in [-0.3, -0.25) is 0 Å². The van der Waals surface area contributed by atoms with E-state index in [-0.39, 0.29) is 16.9 Å². The lowest BCUT2D eigenvalue weighted by Gasteiger charge is -2.33. The minimum absolute atomic E-state index is 0.0323. The number of rotatable bonds is 4. The van der Waals surface area contributed by atoms with Gasteiger partial charge in [0.25, 0.3) is 0 Å². The van der Waals surface area contributed by atoms with Crippen molar-refractivity contribution in [3.05, 3.63) is 59.2 Å². The third-order valence-electron chi connectivity index (χ3n) is 6.37. The maximum absolute atomic E-state index is 11.4. The highest BCUT2D eigenvalue weighted by atomic mass is 16.4. The predicted octanol–water partition coefficient (Wildman–Crippen LogP) is 6.32. The molecule has 1 aliphatic rings. The number of hydrogen-bond acceptors (Lipinski definition) is 1. The molecule has 0 spiro atoms. The van der Waals surface area contributed by atoms with Gasteiger partial charge < -0.3 is 10.4 Å². The van der Waals surface area contributed by atoms with Gasteiger partial charge in [0.2, 0.25) is 0 Å². The molecule has 0 saturated heterocycles. The molecule has 0 aliphatic heterocycles. The van der Waals surface area contributed by atoms with Gasteiger partial charge in [-0.05, 0) is 57.9 Å². The number of amides is 1. The maximum atomic E-state index is 11.4. The quantitative estimate of drug-likeness (QED) is 0.666. The van der Waals surface area contributed by atoms with E-state index >= 15 is 0 Å². The van der Waals surface area contributed by atoms with Crippen LogP contribution in [-0.2, 0) is 11.8 Å². The largest absolute Gasteiger partial charge is 0.465 e. The fourth-order valence-electron chi connectivity index (χ4n) is 4.46. The Morgan fingerprint density at radius 3 is 2.19 bits per heavy atom. The lowest BCUT2D eigenvalue weighted by molar-refractivity contribution is 0.157. The highest BCUT2D eigenvalue weighted by Gasteiger charge is 2.44. The van der Waals surface area contributed by atoms with Crippen molar-refractivity contribution in [2.24, 2.45) is 5.41 Å². The molecule has 0 saturated carbocycles. The second-order valence-corrected chi connectivity index (χ2v) is 8.87. The first-order valence-electron chi connectivity index (χ1n) is 9.93. The van der Waals surface area contributed by atoms with E-state index in [1.54, 1.807) is 0 Å². The van der Waals surface area contributed by atoms with Crippen LogP contribution in [0, 0.1) is 5.41 Å². The topological polar surface area (TPSA) is 49.3 Å². The fourth-order valence-corrected chi connectivity index (χ4v) is 4.46. The first-order valence-corrected chi connectivity index (χ1v) is 9.93. The average Bonchev–Trinajstić information content (AvgIpc) is 2.94. The Morgan fingerprint density at radius 2 is 1.67 bits per heavy atom. The van der Waals surface area contributed by atoms with E-state index in [1.165, 1.54) is 22.3 Å². The molecule has 0 bridgehead atoms. The molecular weight excluding hydrogens is 334 g/mol. The van der Waals surface area contributed by atoms with E-state index in [1.807, 2.05) is 0 Å². The fraction of sp³-hybridized carbons (Fsp3) is 0.458. The zero-order valence-corrected chi connectivity index (χ0v) is 17.1. The van der Waals surface area contributed by atoms with E-state index in [0.29, 0.717) is 0 Å². The summed E-state index contributed by atoms with van der Waals surface area (Å²) in [6.45, 7) is 11.0. The van der Waals surface area contributed by atoms with Crippen molar-refractivity contribution in [2.45, 2.75) is 65.3 Å². The molecule has 1 unspecified atom stereocenters. The van der Waals surface area contributed by atoms with Gasteiger partial charge in [-0.15, -0.1) is 0 Å². The number of fused-ring (bicyclic) bond motifs is 1. The SMILES string of the molecule is CCC1(CC)Cc2cc(-c3ccc(C(C)(C)C)cc3)ccc2C1NC(=O)O. The van der Waals surface area contributed by atoms with E-state index < -0.39 is 6.09 Å². The minimum atomic E-state index is -0.944. The molecule has 0 aromatic heterocycles. The molecule has 0 fully saturated rings. The van der Waals surface area contributed by atoms with Crippen LogP contribution in [0.25, 0.3) is 11.1 Å². The molecule has 3 rings (SSSR count). The van der Waals surface area contributed by atoms with Crippen molar-refractivity contribution >= 4 is 6.09 Å². The minimum Gasteiger partial charge on any atom is -0.465 e. The van der Waals surface area contributed by atoms with Crippen molar-refractivity contribution in [1.82, 2.24) is 5.32 Å². The Hall–Kier alpha value is -2.29. The molecule has 3 heteroatoms. The van der Waals surface area contributed by atoms with Crippen LogP contribution in [0.5, 0.6) is 0 Å². The standard InChI is InChI=1S/C24H31NO2/c1-6-24(7-2)15-18-14-17(10-13-20(18)21(24)25-22(26)27)16-8-11-19(12-9-16)23(3,4)5/h8-14,21,25H,6-7,15H2,1-5H3,(H,26,27). The summed E-state index contributed by atoms with van der Waals surface area (Å²) in [5.41, 5.74) is 6.26. The molecule has 1 atom stereocenters. The van der Waals surface area contributed by atoms with E-state index in [0.717, 1.165) is 24.8 Å². The molecule has 2 aromatic carbocycles. The van der Waals surface area contributed by atoms with Gasteiger partial charge in [0.05, 0.1) is 6.04 Å². The Balaban J connectivity index is 1.97. The smallest absolute Gasteiger partial charge is 0.405 e. The second kappa shape index (κ2) is 7.03. The monoisotopic (exact) mass is 365 g/mol. The summed E-state index contributed by atoms with van der Waals surface area (Å²) in [7, 11) is 0. The zero-order chi connectivity index (χ0) is 19.8. The van der Waals surface area contributed by atoms with Crippen LogP contribution in [0.3, 0.4) is 0 Å². The number of nitrogens with one attached hydrogen (secondary N) is 1. The molecule has 2 N–H and O–H groups in total. The van der Waals surface area contributed by atoms with Crippen LogP contribution in [0.15, 0.2) is 42.5 Å². The Labute approximate surface area is 162 Å². The second-order valence-electron chi connectivity index (χ2n) is 8.87. The zero-order valence-electron chi connectivity index (χ0n) is 17.1. The van der Waals surface area contributed by atoms with Gasteiger partial charge in [0.15, 0.2) is 0 Å². The van der Waals surface area contributed by atoms with E-state index in [9.17, 15) is 9.90 Å². The first-order chi connectivity index (χ1) is 12.7. The van der Waals surface area contributed by atoms with Crippen molar-refractivity contribution in [3.63, 3.8) is 0 Å². The number of hydrogen-bond donors (Lipinski definition) is 2. The molecule has 1 amide bonds. The third kappa shape index (κ3) is 3.60. The van der Waals surface area contributed by atoms with Crippen LogP contribution in [-0.4, -0.2) is 11.2 Å². The van der Waals surface area contributed by atoms with Crippen LogP contribution in [0.2, 0.25) is 0 Å². The van der Waals surface area contributed by atoms with Crippen LogP contribution < -0.4 is 5.32 Å². The molecule has 3 nitrogen and oxygen atoms in total. The van der Waals surface area contributed by atoms with Crippen molar-refractivity contribution in [2.75, 3.05) is 0 Å². The maximum Gasteiger partial charge on any atom is 0.405 e. The van der Waals surface area contributed by atoms with Gasteiger partial charge in [0.1, 0.15) is 0 Å². The average molecular weight is 366 g/mol. The summed E-state index contributed by atoms with van der Waals surface area (Å²) in [4.78, 5) is 11.4. The highest BCUT2D eigenvalue weighted by molar-refractivity contribution is 5.69. The summed E-state index contributed by atoms with van der Waals surface area (Å²) in [6.07, 6.45) is 1.90.